The summed E-state index contributed by atoms with van der Waals surface area (Å²) in [6, 6.07) is 23.0. The summed E-state index contributed by atoms with van der Waals surface area (Å²) < 4.78 is 5.21. The monoisotopic (exact) mass is 454 g/mol. The van der Waals surface area contributed by atoms with Gasteiger partial charge in [0, 0.05) is 5.69 Å². The highest BCUT2D eigenvalue weighted by Crippen LogP contribution is 2.32. The minimum atomic E-state index is -0.337. The number of nitrogens with one attached hydrogen (secondary N) is 1. The van der Waals surface area contributed by atoms with Crippen molar-refractivity contribution in [1.82, 2.24) is 4.90 Å². The molecule has 1 N–H and O–H groups in total. The molecule has 5 heteroatoms. The van der Waals surface area contributed by atoms with E-state index in [1.165, 1.54) is 10.5 Å². The molecule has 1 heterocycles. The molecule has 0 atom stereocenters. The highest BCUT2D eigenvalue weighted by Gasteiger charge is 2.39. The van der Waals surface area contributed by atoms with Crippen LogP contribution in [0.3, 0.4) is 0 Å². The van der Waals surface area contributed by atoms with Crippen molar-refractivity contribution in [3.05, 3.63) is 101 Å². The van der Waals surface area contributed by atoms with Crippen LogP contribution in [0.2, 0.25) is 0 Å². The number of benzene rings is 3. The van der Waals surface area contributed by atoms with Gasteiger partial charge >= 0.3 is 0 Å². The fourth-order valence-electron chi connectivity index (χ4n) is 3.94. The highest BCUT2D eigenvalue weighted by molar-refractivity contribution is 6.36. The molecule has 0 aliphatic carbocycles. The molecule has 0 unspecified atom stereocenters. The minimum Gasteiger partial charge on any atom is -0.497 e. The van der Waals surface area contributed by atoms with E-state index < -0.39 is 0 Å². The molecule has 3 aromatic carbocycles. The summed E-state index contributed by atoms with van der Waals surface area (Å²) in [6.07, 6.45) is 0. The Morgan fingerprint density at radius 1 is 0.824 bits per heavy atom. The molecular formula is C29H30N2O3. The number of imide groups is 1. The fraction of sp³-hybridized carbons (Fsp3) is 0.241. The van der Waals surface area contributed by atoms with E-state index in [2.05, 4.69) is 26.1 Å². The van der Waals surface area contributed by atoms with E-state index in [-0.39, 0.29) is 23.8 Å². The van der Waals surface area contributed by atoms with Gasteiger partial charge in [-0.05, 0) is 53.3 Å². The molecule has 5 nitrogen and oxygen atoms in total. The van der Waals surface area contributed by atoms with Gasteiger partial charge in [-0.15, -0.1) is 0 Å². The molecule has 34 heavy (non-hydrogen) atoms. The van der Waals surface area contributed by atoms with Crippen molar-refractivity contribution in [2.24, 2.45) is 0 Å². The van der Waals surface area contributed by atoms with Gasteiger partial charge < -0.3 is 10.1 Å². The molecule has 3 aromatic rings. The largest absolute Gasteiger partial charge is 0.497 e. The lowest BCUT2D eigenvalue weighted by atomic mass is 9.87. The Morgan fingerprint density at radius 3 is 2.00 bits per heavy atom. The Bertz CT molecular complexity index is 1230. The van der Waals surface area contributed by atoms with Crippen molar-refractivity contribution in [3.63, 3.8) is 0 Å². The average molecular weight is 455 g/mol. The molecule has 0 aromatic heterocycles. The van der Waals surface area contributed by atoms with Gasteiger partial charge in [0.1, 0.15) is 11.4 Å². The molecule has 0 radical (unpaired) electrons. The molecule has 1 aliphatic rings. The first-order chi connectivity index (χ1) is 16.2. The lowest BCUT2D eigenvalue weighted by molar-refractivity contribution is -0.137. The fourth-order valence-corrected chi connectivity index (χ4v) is 3.94. The summed E-state index contributed by atoms with van der Waals surface area (Å²) >= 11 is 0. The number of hydrogen-bond donors (Lipinski definition) is 1. The number of carbonyl (C=O) groups is 2. The van der Waals surface area contributed by atoms with Crippen LogP contribution in [-0.2, 0) is 21.5 Å². The number of anilines is 1. The van der Waals surface area contributed by atoms with Gasteiger partial charge in [0.05, 0.1) is 19.2 Å². The van der Waals surface area contributed by atoms with E-state index >= 15 is 0 Å². The van der Waals surface area contributed by atoms with Crippen LogP contribution < -0.4 is 10.1 Å². The van der Waals surface area contributed by atoms with Crippen molar-refractivity contribution in [1.29, 1.82) is 0 Å². The van der Waals surface area contributed by atoms with Gasteiger partial charge in [-0.3, -0.25) is 14.5 Å². The second-order valence-electron chi connectivity index (χ2n) is 9.61. The SMILES string of the molecule is COc1ccc(CN2C(=O)C(Nc3ccc(C(C)(C)C)cc3)=C(c3ccc(C)cc3)C2=O)cc1. The molecule has 0 saturated carbocycles. The quantitative estimate of drug-likeness (QED) is 0.486. The molecule has 0 saturated heterocycles. The first-order valence-corrected chi connectivity index (χ1v) is 11.4. The van der Waals surface area contributed by atoms with E-state index in [1.807, 2.05) is 79.7 Å². The van der Waals surface area contributed by atoms with Crippen LogP contribution in [0.4, 0.5) is 5.69 Å². The van der Waals surface area contributed by atoms with Gasteiger partial charge in [-0.1, -0.05) is 74.9 Å². The van der Waals surface area contributed by atoms with Crippen LogP contribution in [0.5, 0.6) is 5.75 Å². The van der Waals surface area contributed by atoms with Crippen molar-refractivity contribution in [2.75, 3.05) is 12.4 Å². The molecule has 1 aliphatic heterocycles. The number of hydrogen-bond acceptors (Lipinski definition) is 4. The highest BCUT2D eigenvalue weighted by atomic mass is 16.5. The smallest absolute Gasteiger partial charge is 0.278 e. The first-order valence-electron chi connectivity index (χ1n) is 11.4. The normalized spacial score (nSPS) is 14.1. The third-order valence-electron chi connectivity index (χ3n) is 6.03. The van der Waals surface area contributed by atoms with Gasteiger partial charge in [-0.25, -0.2) is 0 Å². The number of methoxy groups -OCH3 is 1. The predicted molar refractivity (Wildman–Crippen MR) is 135 cm³/mol. The maximum atomic E-state index is 13.5. The topological polar surface area (TPSA) is 58.6 Å². The summed E-state index contributed by atoms with van der Waals surface area (Å²) in [4.78, 5) is 28.3. The summed E-state index contributed by atoms with van der Waals surface area (Å²) in [7, 11) is 1.60. The number of aryl methyl sites for hydroxylation is 1. The van der Waals surface area contributed by atoms with Gasteiger partial charge in [0.2, 0.25) is 0 Å². The maximum absolute atomic E-state index is 13.5. The number of carbonyl (C=O) groups excluding carboxylic acids is 2. The molecular weight excluding hydrogens is 424 g/mol. The summed E-state index contributed by atoms with van der Waals surface area (Å²) in [5, 5.41) is 3.24. The minimum absolute atomic E-state index is 0.0269. The average Bonchev–Trinajstić information content (AvgIpc) is 3.04. The standard InChI is InChI=1S/C29H30N2O3/c1-19-6-10-21(11-7-19)25-26(30-23-14-12-22(13-15-23)29(2,3)4)28(33)31(27(25)32)18-20-8-16-24(34-5)17-9-20/h6-17,30H,18H2,1-5H3. The van der Waals surface area contributed by atoms with Crippen molar-refractivity contribution in [2.45, 2.75) is 39.7 Å². The molecule has 0 fully saturated rings. The first kappa shape index (κ1) is 23.3. The summed E-state index contributed by atoms with van der Waals surface area (Å²) in [6.45, 7) is 8.65. The van der Waals surface area contributed by atoms with Crippen LogP contribution in [-0.4, -0.2) is 23.8 Å². The van der Waals surface area contributed by atoms with Crippen LogP contribution >= 0.6 is 0 Å². The molecule has 0 spiro atoms. The van der Waals surface area contributed by atoms with Crippen LogP contribution in [0, 0.1) is 6.92 Å². The molecule has 4 rings (SSSR count). The lowest BCUT2D eigenvalue weighted by Gasteiger charge is -2.19. The zero-order valence-corrected chi connectivity index (χ0v) is 20.3. The Morgan fingerprint density at radius 2 is 1.44 bits per heavy atom. The molecule has 174 valence electrons. The predicted octanol–water partition coefficient (Wildman–Crippen LogP) is 5.69. The number of rotatable bonds is 6. The van der Waals surface area contributed by atoms with Gasteiger partial charge in [-0.2, -0.15) is 0 Å². The van der Waals surface area contributed by atoms with E-state index in [1.54, 1.807) is 7.11 Å². The zero-order valence-electron chi connectivity index (χ0n) is 20.3. The Labute approximate surface area is 201 Å². The van der Waals surface area contributed by atoms with Crippen LogP contribution in [0.1, 0.15) is 43.0 Å². The number of amides is 2. The third-order valence-corrected chi connectivity index (χ3v) is 6.03. The van der Waals surface area contributed by atoms with Crippen molar-refractivity contribution in [3.8, 4) is 5.75 Å². The van der Waals surface area contributed by atoms with Gasteiger partial charge in [0.15, 0.2) is 0 Å². The Hall–Kier alpha value is -3.86. The summed E-state index contributed by atoms with van der Waals surface area (Å²) in [5.41, 5.74) is 5.32. The van der Waals surface area contributed by atoms with Crippen LogP contribution in [0.15, 0.2) is 78.5 Å². The maximum Gasteiger partial charge on any atom is 0.278 e. The van der Waals surface area contributed by atoms with E-state index in [0.717, 1.165) is 28.1 Å². The van der Waals surface area contributed by atoms with Crippen LogP contribution in [0.25, 0.3) is 5.57 Å². The summed E-state index contributed by atoms with van der Waals surface area (Å²) in [5.74, 6) is 0.0807. The second kappa shape index (κ2) is 9.18. The van der Waals surface area contributed by atoms with E-state index in [4.69, 9.17) is 4.74 Å². The molecule has 0 bridgehead atoms. The van der Waals surface area contributed by atoms with Gasteiger partial charge in [0.25, 0.3) is 11.8 Å². The number of ether oxygens (including phenoxy) is 1. The van der Waals surface area contributed by atoms with E-state index in [9.17, 15) is 9.59 Å². The van der Waals surface area contributed by atoms with E-state index in [0.29, 0.717) is 11.3 Å². The lowest BCUT2D eigenvalue weighted by Crippen LogP contribution is -2.32. The Kier molecular flexibility index (Phi) is 6.29. The third kappa shape index (κ3) is 4.74. The van der Waals surface area contributed by atoms with Crippen molar-refractivity contribution < 1.29 is 14.3 Å². The Balaban J connectivity index is 1.68. The van der Waals surface area contributed by atoms with Crippen molar-refractivity contribution >= 4 is 23.1 Å². The second-order valence-corrected chi connectivity index (χ2v) is 9.61. The molecule has 2 amide bonds. The number of nitrogens with zero attached hydrogens (tertiary/aromatic N) is 1. The zero-order chi connectivity index (χ0) is 24.5.